The molecule has 0 atom stereocenters. The summed E-state index contributed by atoms with van der Waals surface area (Å²) in [6.45, 7) is 2.96. The highest BCUT2D eigenvalue weighted by atomic mass is 35.5. The van der Waals surface area contributed by atoms with Crippen molar-refractivity contribution < 1.29 is 16.8 Å². The van der Waals surface area contributed by atoms with Crippen LogP contribution >= 0.6 is 11.6 Å². The molecule has 0 fully saturated rings. The summed E-state index contributed by atoms with van der Waals surface area (Å²) in [5.41, 5.74) is 4.81. The minimum absolute atomic E-state index is 0.0329. The van der Waals surface area contributed by atoms with E-state index in [-0.39, 0.29) is 22.2 Å². The first-order chi connectivity index (χ1) is 9.32. The Labute approximate surface area is 130 Å². The highest BCUT2D eigenvalue weighted by Gasteiger charge is 2.26. The number of hydrogen-bond acceptors (Lipinski definition) is 5. The van der Waals surface area contributed by atoms with Gasteiger partial charge < -0.3 is 5.73 Å². The Balaban J connectivity index is 2.94. The van der Waals surface area contributed by atoms with Gasteiger partial charge in [0.05, 0.1) is 11.3 Å². The van der Waals surface area contributed by atoms with Crippen LogP contribution in [0.1, 0.15) is 13.8 Å². The molecule has 1 rings (SSSR count). The molecule has 0 aliphatic carbocycles. The smallest absolute Gasteiger partial charge is 0.242 e. The van der Waals surface area contributed by atoms with Gasteiger partial charge >= 0.3 is 0 Å². The highest BCUT2D eigenvalue weighted by molar-refractivity contribution is 7.89. The van der Waals surface area contributed by atoms with Crippen LogP contribution in [0.4, 0.5) is 5.69 Å². The summed E-state index contributed by atoms with van der Waals surface area (Å²) in [5, 5.41) is 0.0329. The van der Waals surface area contributed by atoms with Crippen LogP contribution in [0.25, 0.3) is 0 Å². The van der Waals surface area contributed by atoms with Gasteiger partial charge in [-0.2, -0.15) is 0 Å². The third-order valence-corrected chi connectivity index (χ3v) is 5.22. The van der Waals surface area contributed by atoms with Crippen LogP contribution in [0.15, 0.2) is 23.1 Å². The molecular formula is C11H18ClN3O4S2. The summed E-state index contributed by atoms with van der Waals surface area (Å²) < 4.78 is 51.5. The average Bonchev–Trinajstić information content (AvgIpc) is 2.27. The van der Waals surface area contributed by atoms with E-state index in [1.807, 2.05) is 0 Å². The fourth-order valence-corrected chi connectivity index (χ4v) is 4.44. The van der Waals surface area contributed by atoms with Crippen molar-refractivity contribution in [3.05, 3.63) is 23.2 Å². The predicted octanol–water partition coefficient (Wildman–Crippen LogP) is 0.528. The molecule has 0 heterocycles. The number of anilines is 1. The molecular weight excluding hydrogens is 338 g/mol. The number of sulfonamides is 2. The number of nitrogen functional groups attached to an aromatic ring is 1. The van der Waals surface area contributed by atoms with Crippen molar-refractivity contribution in [3.63, 3.8) is 0 Å². The molecule has 0 aromatic heterocycles. The number of nitrogens with one attached hydrogen (secondary N) is 2. The first kappa shape index (κ1) is 18.2. The molecule has 0 saturated heterocycles. The molecule has 120 valence electrons. The van der Waals surface area contributed by atoms with E-state index in [0.717, 1.165) is 6.26 Å². The van der Waals surface area contributed by atoms with Crippen LogP contribution in [0.5, 0.6) is 0 Å². The van der Waals surface area contributed by atoms with Crippen molar-refractivity contribution in [3.8, 4) is 0 Å². The van der Waals surface area contributed by atoms with Crippen LogP contribution < -0.4 is 15.2 Å². The molecule has 0 unspecified atom stereocenters. The summed E-state index contributed by atoms with van der Waals surface area (Å²) in [6, 6.07) is 4.10. The number of nitrogens with two attached hydrogens (primary N) is 1. The van der Waals surface area contributed by atoms with Crippen molar-refractivity contribution in [1.29, 1.82) is 0 Å². The zero-order valence-electron chi connectivity index (χ0n) is 11.8. The summed E-state index contributed by atoms with van der Waals surface area (Å²) in [4.78, 5) is -0.153. The molecule has 4 N–H and O–H groups in total. The summed E-state index contributed by atoms with van der Waals surface area (Å²) in [7, 11) is -7.36. The van der Waals surface area contributed by atoms with Gasteiger partial charge in [-0.25, -0.2) is 26.3 Å². The SMILES string of the molecule is CC(C)(CNS(=O)(=O)c1cc(N)ccc1Cl)NS(C)(=O)=O. The standard InChI is InChI=1S/C11H18ClN3O4S2/c1-11(2,15-20(3,16)17)7-14-21(18,19)10-6-8(13)4-5-9(10)12/h4-6,14-15H,7,13H2,1-3H3. The van der Waals surface area contributed by atoms with Gasteiger partial charge in [0.2, 0.25) is 20.0 Å². The molecule has 10 heteroatoms. The van der Waals surface area contributed by atoms with E-state index in [0.29, 0.717) is 0 Å². The second-order valence-electron chi connectivity index (χ2n) is 5.27. The zero-order chi connectivity index (χ0) is 16.5. The molecule has 21 heavy (non-hydrogen) atoms. The second kappa shape index (κ2) is 6.09. The third kappa shape index (κ3) is 5.79. The van der Waals surface area contributed by atoms with Gasteiger partial charge in [0, 0.05) is 17.8 Å². The lowest BCUT2D eigenvalue weighted by atomic mass is 10.1. The maximum absolute atomic E-state index is 12.2. The molecule has 1 aromatic carbocycles. The van der Waals surface area contributed by atoms with E-state index in [4.69, 9.17) is 17.3 Å². The zero-order valence-corrected chi connectivity index (χ0v) is 14.2. The Bertz CT molecular complexity index is 730. The fraction of sp³-hybridized carbons (Fsp3) is 0.455. The number of benzene rings is 1. The van der Waals surface area contributed by atoms with E-state index >= 15 is 0 Å². The van der Waals surface area contributed by atoms with E-state index < -0.39 is 25.6 Å². The molecule has 0 amide bonds. The molecule has 0 spiro atoms. The van der Waals surface area contributed by atoms with Gasteiger partial charge in [-0.1, -0.05) is 11.6 Å². The lowest BCUT2D eigenvalue weighted by Crippen LogP contribution is -2.50. The average molecular weight is 356 g/mol. The normalized spacial score (nSPS) is 13.3. The van der Waals surface area contributed by atoms with Crippen molar-refractivity contribution in [1.82, 2.24) is 9.44 Å². The van der Waals surface area contributed by atoms with Gasteiger partial charge in [0.15, 0.2) is 0 Å². The quantitative estimate of drug-likeness (QED) is 0.643. The van der Waals surface area contributed by atoms with Crippen LogP contribution in [-0.4, -0.2) is 35.2 Å². The van der Waals surface area contributed by atoms with Crippen molar-refractivity contribution in [2.75, 3.05) is 18.5 Å². The predicted molar refractivity (Wildman–Crippen MR) is 83.1 cm³/mol. The molecule has 0 radical (unpaired) electrons. The first-order valence-corrected chi connectivity index (χ1v) is 9.61. The Morgan fingerprint density at radius 3 is 2.33 bits per heavy atom. The van der Waals surface area contributed by atoms with E-state index in [1.165, 1.54) is 18.2 Å². The molecule has 7 nitrogen and oxygen atoms in total. The Morgan fingerprint density at radius 1 is 1.24 bits per heavy atom. The Kier molecular flexibility index (Phi) is 5.27. The lowest BCUT2D eigenvalue weighted by Gasteiger charge is -2.25. The van der Waals surface area contributed by atoms with Crippen molar-refractivity contribution in [2.24, 2.45) is 0 Å². The second-order valence-corrected chi connectivity index (χ2v) is 9.16. The topological polar surface area (TPSA) is 118 Å². The van der Waals surface area contributed by atoms with E-state index in [9.17, 15) is 16.8 Å². The minimum atomic E-state index is -3.90. The van der Waals surface area contributed by atoms with Crippen molar-refractivity contribution in [2.45, 2.75) is 24.3 Å². The maximum atomic E-state index is 12.2. The number of halogens is 1. The molecule has 0 saturated carbocycles. The molecule has 0 aliphatic rings. The van der Waals surface area contributed by atoms with E-state index in [2.05, 4.69) is 9.44 Å². The maximum Gasteiger partial charge on any atom is 0.242 e. The van der Waals surface area contributed by atoms with Crippen LogP contribution in [0.2, 0.25) is 5.02 Å². The van der Waals surface area contributed by atoms with E-state index in [1.54, 1.807) is 13.8 Å². The highest BCUT2D eigenvalue weighted by Crippen LogP contribution is 2.23. The monoisotopic (exact) mass is 355 g/mol. The number of rotatable bonds is 6. The molecule has 1 aromatic rings. The molecule has 0 bridgehead atoms. The number of hydrogen-bond donors (Lipinski definition) is 3. The van der Waals surface area contributed by atoms with Gasteiger partial charge in [-0.15, -0.1) is 0 Å². The summed E-state index contributed by atoms with van der Waals surface area (Å²) in [6.07, 6.45) is 0.998. The van der Waals surface area contributed by atoms with Gasteiger partial charge in [-0.05, 0) is 32.0 Å². The van der Waals surface area contributed by atoms with Gasteiger partial charge in [-0.3, -0.25) is 0 Å². The summed E-state index contributed by atoms with van der Waals surface area (Å²) >= 11 is 5.85. The largest absolute Gasteiger partial charge is 0.399 e. The Hall–Kier alpha value is -0.870. The first-order valence-electron chi connectivity index (χ1n) is 5.86. The van der Waals surface area contributed by atoms with Crippen LogP contribution in [0, 0.1) is 0 Å². The third-order valence-electron chi connectivity index (χ3n) is 2.41. The fourth-order valence-electron chi connectivity index (χ4n) is 1.62. The summed E-state index contributed by atoms with van der Waals surface area (Å²) in [5.74, 6) is 0. The van der Waals surface area contributed by atoms with Gasteiger partial charge in [0.25, 0.3) is 0 Å². The van der Waals surface area contributed by atoms with Crippen LogP contribution in [-0.2, 0) is 20.0 Å². The lowest BCUT2D eigenvalue weighted by molar-refractivity contribution is 0.446. The molecule has 0 aliphatic heterocycles. The minimum Gasteiger partial charge on any atom is -0.399 e. The van der Waals surface area contributed by atoms with Crippen LogP contribution in [0.3, 0.4) is 0 Å². The van der Waals surface area contributed by atoms with Crippen molar-refractivity contribution >= 4 is 37.3 Å². The Morgan fingerprint density at radius 2 is 1.81 bits per heavy atom. The van der Waals surface area contributed by atoms with Gasteiger partial charge in [0.1, 0.15) is 4.90 Å².